The van der Waals surface area contributed by atoms with Gasteiger partial charge in [-0.3, -0.25) is 4.99 Å². The minimum atomic E-state index is 0.454. The van der Waals surface area contributed by atoms with Crippen molar-refractivity contribution in [3.63, 3.8) is 0 Å². The molecule has 3 aromatic rings. The van der Waals surface area contributed by atoms with E-state index in [1.807, 2.05) is 39.2 Å². The Morgan fingerprint density at radius 2 is 1.83 bits per heavy atom. The van der Waals surface area contributed by atoms with Crippen molar-refractivity contribution in [2.75, 3.05) is 14.1 Å². The van der Waals surface area contributed by atoms with Crippen LogP contribution in [0.3, 0.4) is 0 Å². The molecule has 35 heavy (non-hydrogen) atoms. The van der Waals surface area contributed by atoms with Crippen LogP contribution in [0.2, 0.25) is 5.02 Å². The lowest BCUT2D eigenvalue weighted by atomic mass is 10.1. The van der Waals surface area contributed by atoms with Crippen LogP contribution in [0.25, 0.3) is 5.65 Å². The van der Waals surface area contributed by atoms with Crippen LogP contribution in [-0.4, -0.2) is 36.1 Å². The van der Waals surface area contributed by atoms with Crippen LogP contribution in [0.15, 0.2) is 64.1 Å². The van der Waals surface area contributed by atoms with E-state index in [4.69, 9.17) is 22.1 Å². The number of aromatic nitrogens is 2. The zero-order valence-corrected chi connectivity index (χ0v) is 22.4. The molecule has 0 radical (unpaired) electrons. The summed E-state index contributed by atoms with van der Waals surface area (Å²) < 4.78 is 3.10. The first-order chi connectivity index (χ1) is 17.0. The van der Waals surface area contributed by atoms with Gasteiger partial charge in [-0.25, -0.2) is 4.98 Å². The number of amidine groups is 1. The van der Waals surface area contributed by atoms with Crippen molar-refractivity contribution in [1.82, 2.24) is 20.0 Å². The van der Waals surface area contributed by atoms with Crippen molar-refractivity contribution >= 4 is 45.8 Å². The Bertz CT molecular complexity index is 1190. The first-order valence-corrected chi connectivity index (χ1v) is 12.7. The number of hydrogen-bond donors (Lipinski definition) is 3. The number of aliphatic imine (C=N–C) groups is 1. The lowest BCUT2D eigenvalue weighted by Gasteiger charge is -2.04. The molecule has 2 heterocycles. The van der Waals surface area contributed by atoms with Gasteiger partial charge in [-0.1, -0.05) is 23.7 Å². The molecular weight excluding hydrogens is 528 g/mol. The Kier molecular flexibility index (Phi) is 9.74. The van der Waals surface area contributed by atoms with Crippen molar-refractivity contribution in [2.45, 2.75) is 44.1 Å². The van der Waals surface area contributed by atoms with Crippen LogP contribution < -0.4 is 16.4 Å². The molecule has 0 unspecified atom stereocenters. The fraction of sp³-hybridized carbons (Fsp3) is 0.346. The van der Waals surface area contributed by atoms with Gasteiger partial charge in [0.25, 0.3) is 0 Å². The molecular formula is C26H32BrClN6O. The first-order valence-electron chi connectivity index (χ1n) is 11.5. The Morgan fingerprint density at radius 3 is 2.43 bits per heavy atom. The number of carbonyl (C=O) groups is 1. The number of benzene rings is 1. The molecule has 0 aliphatic heterocycles. The van der Waals surface area contributed by atoms with Crippen LogP contribution in [0, 0.1) is 0 Å². The van der Waals surface area contributed by atoms with Crippen LogP contribution in [0.1, 0.15) is 54.3 Å². The van der Waals surface area contributed by atoms with Gasteiger partial charge < -0.3 is 25.6 Å². The second-order valence-corrected chi connectivity index (χ2v) is 9.78. The third-order valence-corrected chi connectivity index (χ3v) is 6.60. The van der Waals surface area contributed by atoms with Gasteiger partial charge in [0.15, 0.2) is 5.65 Å². The van der Waals surface area contributed by atoms with Crippen molar-refractivity contribution in [2.24, 2.45) is 10.7 Å². The molecule has 2 saturated carbocycles. The van der Waals surface area contributed by atoms with E-state index in [0.717, 1.165) is 32.6 Å². The van der Waals surface area contributed by atoms with E-state index in [9.17, 15) is 0 Å². The van der Waals surface area contributed by atoms with Crippen LogP contribution in [0.5, 0.6) is 0 Å². The number of imidazole rings is 1. The van der Waals surface area contributed by atoms with Gasteiger partial charge in [-0.05, 0) is 82.8 Å². The highest BCUT2D eigenvalue weighted by molar-refractivity contribution is 9.10. The molecule has 2 aliphatic rings. The molecule has 9 heteroatoms. The maximum absolute atomic E-state index is 8.00. The lowest BCUT2D eigenvalue weighted by Crippen LogP contribution is -2.22. The number of fused-ring (bicyclic) bond motifs is 1. The number of rotatable bonds is 7. The standard InChI is InChI=1S/C16H21BrN6.C9H9Cl.CH2O/c1-19-15(20-2)6-14(18)21-7-12-9-23-8-11(10-3-4-10)5-13(17)16(23)22-12;10-9-3-1-2-8(6-9)7-4-5-7;1-2/h5-6,8-10,19-20H,3-4,7H2,1-2H3,(H2,18,21);1-3,6-7H,4-5H2;1H2. The molecule has 0 spiro atoms. The maximum Gasteiger partial charge on any atom is 0.151 e. The van der Waals surface area contributed by atoms with E-state index in [0.29, 0.717) is 18.3 Å². The summed E-state index contributed by atoms with van der Waals surface area (Å²) in [7, 11) is 3.65. The van der Waals surface area contributed by atoms with Gasteiger partial charge in [0.05, 0.1) is 16.7 Å². The van der Waals surface area contributed by atoms with Gasteiger partial charge in [-0.2, -0.15) is 0 Å². The zero-order valence-electron chi connectivity index (χ0n) is 20.1. The summed E-state index contributed by atoms with van der Waals surface area (Å²) in [5.41, 5.74) is 10.5. The lowest BCUT2D eigenvalue weighted by molar-refractivity contribution is -0.0979. The van der Waals surface area contributed by atoms with E-state index in [-0.39, 0.29) is 0 Å². The summed E-state index contributed by atoms with van der Waals surface area (Å²) in [6.07, 6.45) is 11.2. The minimum Gasteiger partial charge on any atom is -0.384 e. The highest BCUT2D eigenvalue weighted by Gasteiger charge is 2.25. The SMILES string of the molecule is C=O.CNC(=CC(N)=NCc1cn2cc(C3CC3)cc(Br)c2n1)NC.Clc1cccc(C2CC2)c1. The number of pyridine rings is 1. The molecule has 0 bridgehead atoms. The van der Waals surface area contributed by atoms with E-state index >= 15 is 0 Å². The van der Waals surface area contributed by atoms with Crippen LogP contribution in [0.4, 0.5) is 0 Å². The summed E-state index contributed by atoms with van der Waals surface area (Å²) in [5.74, 6) is 2.80. The van der Waals surface area contributed by atoms with Crippen molar-refractivity contribution in [3.8, 4) is 0 Å². The number of nitrogens with zero attached hydrogens (tertiary/aromatic N) is 3. The molecule has 5 rings (SSSR count). The van der Waals surface area contributed by atoms with Crippen molar-refractivity contribution in [1.29, 1.82) is 0 Å². The zero-order chi connectivity index (χ0) is 25.4. The predicted molar refractivity (Wildman–Crippen MR) is 147 cm³/mol. The Balaban J connectivity index is 0.000000236. The third-order valence-electron chi connectivity index (χ3n) is 5.78. The molecule has 186 valence electrons. The maximum atomic E-state index is 8.00. The molecule has 2 fully saturated rings. The van der Waals surface area contributed by atoms with Gasteiger partial charge >= 0.3 is 0 Å². The monoisotopic (exact) mass is 558 g/mol. The van der Waals surface area contributed by atoms with Crippen LogP contribution in [-0.2, 0) is 11.3 Å². The van der Waals surface area contributed by atoms with E-state index in [2.05, 4.69) is 65.3 Å². The Hall–Kier alpha value is -2.84. The average molecular weight is 560 g/mol. The van der Waals surface area contributed by atoms with Gasteiger partial charge in [-0.15, -0.1) is 0 Å². The minimum absolute atomic E-state index is 0.454. The fourth-order valence-electron chi connectivity index (χ4n) is 3.66. The summed E-state index contributed by atoms with van der Waals surface area (Å²) in [6, 6.07) is 10.3. The molecule has 2 aromatic heterocycles. The van der Waals surface area contributed by atoms with E-state index in [1.165, 1.54) is 36.8 Å². The summed E-state index contributed by atoms with van der Waals surface area (Å²) >= 11 is 9.44. The predicted octanol–water partition coefficient (Wildman–Crippen LogP) is 5.14. The smallest absolute Gasteiger partial charge is 0.151 e. The molecule has 0 saturated heterocycles. The number of carbonyl (C=O) groups excluding carboxylic acids is 1. The molecule has 0 amide bonds. The summed E-state index contributed by atoms with van der Waals surface area (Å²) in [6.45, 7) is 2.45. The quantitative estimate of drug-likeness (QED) is 0.275. The highest BCUT2D eigenvalue weighted by atomic mass is 79.9. The fourth-order valence-corrected chi connectivity index (χ4v) is 4.41. The molecule has 0 atom stereocenters. The van der Waals surface area contributed by atoms with Gasteiger partial charge in [0, 0.05) is 37.6 Å². The van der Waals surface area contributed by atoms with Crippen LogP contribution >= 0.6 is 27.5 Å². The second kappa shape index (κ2) is 12.7. The Labute approximate surface area is 220 Å². The normalized spacial score (nSPS) is 14.8. The van der Waals surface area contributed by atoms with Crippen molar-refractivity contribution < 1.29 is 4.79 Å². The molecule has 4 N–H and O–H groups in total. The number of hydrogen-bond acceptors (Lipinski definition) is 5. The third kappa shape index (κ3) is 7.83. The number of nitrogens with one attached hydrogen (secondary N) is 2. The topological polar surface area (TPSA) is 96.8 Å². The Morgan fingerprint density at radius 1 is 1.17 bits per heavy atom. The van der Waals surface area contributed by atoms with Crippen molar-refractivity contribution in [3.05, 3.63) is 80.9 Å². The number of halogens is 2. The molecule has 2 aliphatic carbocycles. The molecule has 1 aromatic carbocycles. The van der Waals surface area contributed by atoms with E-state index in [1.54, 1.807) is 6.08 Å². The number of nitrogens with two attached hydrogens (primary N) is 1. The largest absolute Gasteiger partial charge is 0.384 e. The van der Waals surface area contributed by atoms with Gasteiger partial charge in [0.2, 0.25) is 0 Å². The highest BCUT2D eigenvalue weighted by Crippen LogP contribution is 2.41. The van der Waals surface area contributed by atoms with Gasteiger partial charge in [0.1, 0.15) is 18.4 Å². The van der Waals surface area contributed by atoms with E-state index < -0.39 is 0 Å². The second-order valence-electron chi connectivity index (χ2n) is 8.49. The average Bonchev–Trinajstić information content (AvgIpc) is 3.79. The molecule has 7 nitrogen and oxygen atoms in total. The first kappa shape index (κ1) is 26.8. The summed E-state index contributed by atoms with van der Waals surface area (Å²) in [4.78, 5) is 17.0. The summed E-state index contributed by atoms with van der Waals surface area (Å²) in [5, 5.41) is 6.86.